The van der Waals surface area contributed by atoms with Crippen molar-refractivity contribution in [2.45, 2.75) is 0 Å². The van der Waals surface area contributed by atoms with Crippen molar-refractivity contribution in [2.75, 3.05) is 5.73 Å². The Hall–Kier alpha value is -2.04. The van der Waals surface area contributed by atoms with Crippen molar-refractivity contribution in [3.05, 3.63) is 52.5 Å². The molecule has 20 heavy (non-hydrogen) atoms. The van der Waals surface area contributed by atoms with Gasteiger partial charge in [-0.2, -0.15) is 0 Å². The number of anilines is 1. The summed E-state index contributed by atoms with van der Waals surface area (Å²) in [5.41, 5.74) is 7.24. The van der Waals surface area contributed by atoms with E-state index in [1.165, 1.54) is 0 Å². The van der Waals surface area contributed by atoms with Gasteiger partial charge in [0.1, 0.15) is 10.8 Å². The van der Waals surface area contributed by atoms with E-state index < -0.39 is 0 Å². The van der Waals surface area contributed by atoms with Crippen molar-refractivity contribution in [1.82, 2.24) is 9.97 Å². The minimum absolute atomic E-state index is 0.194. The molecule has 0 amide bonds. The lowest BCUT2D eigenvalue weighted by Crippen LogP contribution is -1.99. The van der Waals surface area contributed by atoms with E-state index in [9.17, 15) is 0 Å². The van der Waals surface area contributed by atoms with E-state index in [-0.39, 0.29) is 11.7 Å². The molecule has 100 valence electrons. The van der Waals surface area contributed by atoms with Gasteiger partial charge in [-0.05, 0) is 24.3 Å². The third kappa shape index (κ3) is 2.35. The number of nitrogens with zero attached hydrogens (tertiary/aromatic N) is 2. The lowest BCUT2D eigenvalue weighted by atomic mass is 10.3. The Morgan fingerprint density at radius 1 is 0.900 bits per heavy atom. The first kappa shape index (κ1) is 13.0. The first-order chi connectivity index (χ1) is 9.65. The van der Waals surface area contributed by atoms with Gasteiger partial charge < -0.3 is 10.5 Å². The van der Waals surface area contributed by atoms with Crippen molar-refractivity contribution >= 4 is 40.1 Å². The summed E-state index contributed by atoms with van der Waals surface area (Å²) in [6.07, 6.45) is 0. The highest BCUT2D eigenvalue weighted by atomic mass is 35.5. The van der Waals surface area contributed by atoms with Crippen LogP contribution in [-0.2, 0) is 0 Å². The number of para-hydroxylation sites is 2. The number of ether oxygens (including phenoxy) is 1. The number of rotatable bonds is 2. The number of nitrogen functional groups attached to an aromatic ring is 1. The summed E-state index contributed by atoms with van der Waals surface area (Å²) in [7, 11) is 0. The van der Waals surface area contributed by atoms with Crippen LogP contribution in [-0.4, -0.2) is 9.97 Å². The van der Waals surface area contributed by atoms with Crippen molar-refractivity contribution in [3.8, 4) is 11.6 Å². The lowest BCUT2D eigenvalue weighted by molar-refractivity contribution is 0.466. The number of hydrogen-bond acceptors (Lipinski definition) is 4. The molecule has 3 rings (SSSR count). The molecule has 0 aliphatic rings. The third-order valence-electron chi connectivity index (χ3n) is 2.69. The fourth-order valence-electron chi connectivity index (χ4n) is 1.74. The second kappa shape index (κ2) is 5.15. The van der Waals surface area contributed by atoms with Crippen LogP contribution in [0.3, 0.4) is 0 Å². The van der Waals surface area contributed by atoms with Crippen molar-refractivity contribution in [3.63, 3.8) is 0 Å². The Kier molecular flexibility index (Phi) is 3.34. The maximum absolute atomic E-state index is 6.07. The van der Waals surface area contributed by atoms with Gasteiger partial charge in [0, 0.05) is 0 Å². The van der Waals surface area contributed by atoms with Crippen LogP contribution in [0.15, 0.2) is 42.5 Å². The molecule has 0 bridgehead atoms. The van der Waals surface area contributed by atoms with Gasteiger partial charge in [0.2, 0.25) is 0 Å². The Balaban J connectivity index is 2.06. The molecule has 1 heterocycles. The SMILES string of the molecule is Nc1nc2ccccc2nc1Oc1cccc(Cl)c1Cl. The molecule has 0 saturated heterocycles. The van der Waals surface area contributed by atoms with E-state index in [2.05, 4.69) is 9.97 Å². The molecular weight excluding hydrogens is 297 g/mol. The normalized spacial score (nSPS) is 10.7. The highest BCUT2D eigenvalue weighted by Gasteiger charge is 2.11. The van der Waals surface area contributed by atoms with Crippen LogP contribution in [0.2, 0.25) is 10.0 Å². The van der Waals surface area contributed by atoms with Crippen LogP contribution in [0.1, 0.15) is 0 Å². The number of benzene rings is 2. The standard InChI is InChI=1S/C14H9Cl2N3O/c15-8-4-3-7-11(12(8)16)20-14-13(17)18-9-5-1-2-6-10(9)19-14/h1-7H,(H2,17,18). The summed E-state index contributed by atoms with van der Waals surface area (Å²) < 4.78 is 5.61. The quantitative estimate of drug-likeness (QED) is 0.766. The van der Waals surface area contributed by atoms with E-state index in [1.807, 2.05) is 24.3 Å². The Bertz CT molecular complexity index is 792. The number of aromatic nitrogens is 2. The summed E-state index contributed by atoms with van der Waals surface area (Å²) in [6.45, 7) is 0. The van der Waals surface area contributed by atoms with E-state index >= 15 is 0 Å². The number of nitrogens with two attached hydrogens (primary N) is 1. The molecule has 3 aromatic rings. The first-order valence-corrected chi connectivity index (χ1v) is 6.55. The molecule has 0 saturated carbocycles. The second-order valence-electron chi connectivity index (χ2n) is 4.06. The lowest BCUT2D eigenvalue weighted by Gasteiger charge is -2.09. The van der Waals surface area contributed by atoms with Crippen molar-refractivity contribution in [2.24, 2.45) is 0 Å². The Morgan fingerprint density at radius 2 is 1.60 bits per heavy atom. The number of hydrogen-bond donors (Lipinski definition) is 1. The molecule has 0 aliphatic heterocycles. The minimum atomic E-state index is 0.194. The Morgan fingerprint density at radius 3 is 2.35 bits per heavy atom. The third-order valence-corrected chi connectivity index (χ3v) is 3.49. The molecule has 0 fully saturated rings. The summed E-state index contributed by atoms with van der Waals surface area (Å²) in [6, 6.07) is 12.5. The van der Waals surface area contributed by atoms with Crippen molar-refractivity contribution < 1.29 is 4.74 Å². The largest absolute Gasteiger partial charge is 0.434 e. The minimum Gasteiger partial charge on any atom is -0.434 e. The number of fused-ring (bicyclic) bond motifs is 1. The van der Waals surface area contributed by atoms with Gasteiger partial charge >= 0.3 is 0 Å². The summed E-state index contributed by atoms with van der Waals surface area (Å²) in [4.78, 5) is 8.57. The maximum Gasteiger partial charge on any atom is 0.263 e. The van der Waals surface area contributed by atoms with Crippen LogP contribution in [0, 0.1) is 0 Å². The van der Waals surface area contributed by atoms with Gasteiger partial charge in [0.05, 0.1) is 16.1 Å². The molecule has 0 radical (unpaired) electrons. The van der Waals surface area contributed by atoms with Gasteiger partial charge in [-0.25, -0.2) is 9.97 Å². The maximum atomic E-state index is 6.07. The molecule has 2 N–H and O–H groups in total. The van der Waals surface area contributed by atoms with Crippen LogP contribution in [0.5, 0.6) is 11.6 Å². The summed E-state index contributed by atoms with van der Waals surface area (Å²) in [5, 5.41) is 0.708. The van der Waals surface area contributed by atoms with Gasteiger partial charge in [0.15, 0.2) is 5.82 Å². The molecule has 1 aromatic heterocycles. The molecule has 6 heteroatoms. The van der Waals surface area contributed by atoms with E-state index in [0.717, 1.165) is 0 Å². The summed E-state index contributed by atoms with van der Waals surface area (Å²) >= 11 is 12.0. The van der Waals surface area contributed by atoms with Gasteiger partial charge in [-0.3, -0.25) is 0 Å². The van der Waals surface area contributed by atoms with Crippen LogP contribution >= 0.6 is 23.2 Å². The predicted octanol–water partition coefficient (Wildman–Crippen LogP) is 4.31. The van der Waals surface area contributed by atoms with Crippen molar-refractivity contribution in [1.29, 1.82) is 0 Å². The molecular formula is C14H9Cl2N3O. The highest BCUT2D eigenvalue weighted by molar-refractivity contribution is 6.42. The van der Waals surface area contributed by atoms with Crippen LogP contribution in [0.25, 0.3) is 11.0 Å². The zero-order valence-electron chi connectivity index (χ0n) is 10.2. The van der Waals surface area contributed by atoms with Gasteiger partial charge in [0.25, 0.3) is 5.88 Å². The van der Waals surface area contributed by atoms with Gasteiger partial charge in [-0.1, -0.05) is 41.4 Å². The molecule has 2 aromatic carbocycles. The van der Waals surface area contributed by atoms with E-state index in [0.29, 0.717) is 26.8 Å². The average Bonchev–Trinajstić information content (AvgIpc) is 2.44. The monoisotopic (exact) mass is 305 g/mol. The zero-order valence-corrected chi connectivity index (χ0v) is 11.7. The Labute approximate surface area is 125 Å². The smallest absolute Gasteiger partial charge is 0.263 e. The summed E-state index contributed by atoms with van der Waals surface area (Å²) in [5.74, 6) is 0.781. The topological polar surface area (TPSA) is 61.0 Å². The van der Waals surface area contributed by atoms with E-state index in [1.54, 1.807) is 18.2 Å². The average molecular weight is 306 g/mol. The molecule has 0 spiro atoms. The van der Waals surface area contributed by atoms with Crippen LogP contribution < -0.4 is 10.5 Å². The predicted molar refractivity (Wildman–Crippen MR) is 80.5 cm³/mol. The highest BCUT2D eigenvalue weighted by Crippen LogP contribution is 2.35. The molecule has 0 unspecified atom stereocenters. The van der Waals surface area contributed by atoms with Gasteiger partial charge in [-0.15, -0.1) is 0 Å². The fraction of sp³-hybridized carbons (Fsp3) is 0. The zero-order chi connectivity index (χ0) is 14.1. The molecule has 0 atom stereocenters. The molecule has 0 aliphatic carbocycles. The molecule has 4 nitrogen and oxygen atoms in total. The second-order valence-corrected chi connectivity index (χ2v) is 4.84. The first-order valence-electron chi connectivity index (χ1n) is 5.79. The number of halogens is 2. The van der Waals surface area contributed by atoms with E-state index in [4.69, 9.17) is 33.7 Å². The van der Waals surface area contributed by atoms with Crippen LogP contribution in [0.4, 0.5) is 5.82 Å². The fourth-order valence-corrected chi connectivity index (χ4v) is 2.07.